The summed E-state index contributed by atoms with van der Waals surface area (Å²) in [5.74, 6) is 0.852. The van der Waals surface area contributed by atoms with E-state index in [1.54, 1.807) is 6.07 Å². The van der Waals surface area contributed by atoms with E-state index in [0.29, 0.717) is 18.4 Å². The van der Waals surface area contributed by atoms with Gasteiger partial charge in [-0.15, -0.1) is 0 Å². The third-order valence-corrected chi connectivity index (χ3v) is 5.41. The van der Waals surface area contributed by atoms with Crippen molar-refractivity contribution in [2.24, 2.45) is 5.92 Å². The van der Waals surface area contributed by atoms with E-state index in [2.05, 4.69) is 17.4 Å². The van der Waals surface area contributed by atoms with Gasteiger partial charge in [0.15, 0.2) is 9.84 Å². The molecule has 0 saturated heterocycles. The Bertz CT molecular complexity index is 865. The van der Waals surface area contributed by atoms with Crippen LogP contribution in [0.1, 0.15) is 17.9 Å². The molecule has 2 aromatic carbocycles. The van der Waals surface area contributed by atoms with Gasteiger partial charge in [0.25, 0.3) is 0 Å². The standard InChI is InChI=1S/C17H18N2O4S/c1-24(22,23)16-9-5-8-15(17(16)19(20)21)18-11-13-10-14(13)12-6-3-2-4-7-12/h2-9,13-14,18H,10-11H2,1H3. The van der Waals surface area contributed by atoms with Crippen LogP contribution in [-0.4, -0.2) is 26.1 Å². The molecule has 1 aliphatic rings. The third-order valence-electron chi connectivity index (χ3n) is 4.29. The lowest BCUT2D eigenvalue weighted by Crippen LogP contribution is -2.10. The lowest BCUT2D eigenvalue weighted by molar-refractivity contribution is -0.386. The highest BCUT2D eigenvalue weighted by atomic mass is 32.2. The average Bonchev–Trinajstić information content (AvgIpc) is 3.32. The summed E-state index contributed by atoms with van der Waals surface area (Å²) in [5.41, 5.74) is 1.14. The number of hydrogen-bond acceptors (Lipinski definition) is 5. The Labute approximate surface area is 140 Å². The predicted molar refractivity (Wildman–Crippen MR) is 92.0 cm³/mol. The van der Waals surface area contributed by atoms with Gasteiger partial charge >= 0.3 is 5.69 Å². The van der Waals surface area contributed by atoms with Crippen LogP contribution >= 0.6 is 0 Å². The van der Waals surface area contributed by atoms with E-state index in [4.69, 9.17) is 0 Å². The molecule has 0 heterocycles. The maximum Gasteiger partial charge on any atom is 0.310 e. The molecule has 2 atom stereocenters. The zero-order valence-electron chi connectivity index (χ0n) is 13.2. The van der Waals surface area contributed by atoms with Crippen LogP contribution in [-0.2, 0) is 9.84 Å². The average molecular weight is 346 g/mol. The van der Waals surface area contributed by atoms with E-state index in [9.17, 15) is 18.5 Å². The Morgan fingerprint density at radius 3 is 2.50 bits per heavy atom. The molecule has 0 bridgehead atoms. The quantitative estimate of drug-likeness (QED) is 0.641. The van der Waals surface area contributed by atoms with Crippen LogP contribution in [0.4, 0.5) is 11.4 Å². The van der Waals surface area contributed by atoms with Gasteiger partial charge in [-0.05, 0) is 36.0 Å². The molecular weight excluding hydrogens is 328 g/mol. The van der Waals surface area contributed by atoms with Crippen LogP contribution in [0.15, 0.2) is 53.4 Å². The van der Waals surface area contributed by atoms with Crippen LogP contribution in [0.5, 0.6) is 0 Å². The van der Waals surface area contributed by atoms with Gasteiger partial charge in [0, 0.05) is 12.8 Å². The Balaban J connectivity index is 1.76. The van der Waals surface area contributed by atoms with E-state index in [-0.39, 0.29) is 16.3 Å². The molecule has 3 rings (SSSR count). The number of nitro benzene ring substituents is 1. The van der Waals surface area contributed by atoms with E-state index in [1.807, 2.05) is 18.2 Å². The highest BCUT2D eigenvalue weighted by Crippen LogP contribution is 2.47. The van der Waals surface area contributed by atoms with Crippen molar-refractivity contribution in [3.63, 3.8) is 0 Å². The predicted octanol–water partition coefficient (Wildman–Crippen LogP) is 3.21. The Morgan fingerprint density at radius 2 is 1.88 bits per heavy atom. The van der Waals surface area contributed by atoms with Crippen molar-refractivity contribution in [3.8, 4) is 0 Å². The monoisotopic (exact) mass is 346 g/mol. The van der Waals surface area contributed by atoms with Crippen molar-refractivity contribution in [2.75, 3.05) is 18.1 Å². The van der Waals surface area contributed by atoms with Crippen LogP contribution in [0, 0.1) is 16.0 Å². The SMILES string of the molecule is CS(=O)(=O)c1cccc(NCC2CC2c2ccccc2)c1[N+](=O)[O-]. The fourth-order valence-corrected chi connectivity index (χ4v) is 3.84. The zero-order valence-corrected chi connectivity index (χ0v) is 14.0. The van der Waals surface area contributed by atoms with Gasteiger partial charge in [-0.3, -0.25) is 10.1 Å². The first-order valence-electron chi connectivity index (χ1n) is 7.64. The molecule has 0 amide bonds. The second-order valence-corrected chi connectivity index (χ2v) is 8.06. The molecule has 1 aliphatic carbocycles. The second kappa shape index (κ2) is 6.24. The van der Waals surface area contributed by atoms with Gasteiger partial charge in [0.1, 0.15) is 10.6 Å². The number of hydrogen-bond donors (Lipinski definition) is 1. The molecule has 7 heteroatoms. The van der Waals surface area contributed by atoms with E-state index >= 15 is 0 Å². The van der Waals surface area contributed by atoms with Gasteiger partial charge in [-0.2, -0.15) is 0 Å². The third kappa shape index (κ3) is 3.41. The first kappa shape index (κ1) is 16.4. The minimum Gasteiger partial charge on any atom is -0.379 e. The highest BCUT2D eigenvalue weighted by molar-refractivity contribution is 7.90. The summed E-state index contributed by atoms with van der Waals surface area (Å²) in [5, 5.41) is 14.4. The minimum atomic E-state index is -3.66. The molecular formula is C17H18N2O4S. The van der Waals surface area contributed by atoms with Crippen LogP contribution in [0.3, 0.4) is 0 Å². The van der Waals surface area contributed by atoms with Crippen molar-refractivity contribution in [1.82, 2.24) is 0 Å². The molecule has 0 aromatic heterocycles. The minimum absolute atomic E-state index is 0.252. The Hall–Kier alpha value is -2.41. The molecule has 6 nitrogen and oxygen atoms in total. The summed E-state index contributed by atoms with van der Waals surface area (Å²) in [6.07, 6.45) is 2.00. The van der Waals surface area contributed by atoms with Crippen molar-refractivity contribution in [2.45, 2.75) is 17.2 Å². The normalized spacial score (nSPS) is 19.7. The Kier molecular flexibility index (Phi) is 4.28. The maximum absolute atomic E-state index is 11.8. The molecule has 0 radical (unpaired) electrons. The van der Waals surface area contributed by atoms with Crippen LogP contribution < -0.4 is 5.32 Å². The van der Waals surface area contributed by atoms with Crippen molar-refractivity contribution in [1.29, 1.82) is 0 Å². The largest absolute Gasteiger partial charge is 0.379 e. The number of sulfone groups is 1. The molecule has 0 aliphatic heterocycles. The molecule has 1 N–H and O–H groups in total. The first-order chi connectivity index (χ1) is 11.4. The molecule has 24 heavy (non-hydrogen) atoms. The van der Waals surface area contributed by atoms with E-state index < -0.39 is 14.8 Å². The van der Waals surface area contributed by atoms with E-state index in [0.717, 1.165) is 12.7 Å². The number of benzene rings is 2. The lowest BCUT2D eigenvalue weighted by Gasteiger charge is -2.09. The lowest BCUT2D eigenvalue weighted by atomic mass is 10.1. The van der Waals surface area contributed by atoms with Gasteiger partial charge < -0.3 is 5.32 Å². The van der Waals surface area contributed by atoms with E-state index in [1.165, 1.54) is 17.7 Å². The fourth-order valence-electron chi connectivity index (χ4n) is 2.98. The number of rotatable bonds is 6. The summed E-state index contributed by atoms with van der Waals surface area (Å²) in [7, 11) is -3.66. The number of para-hydroxylation sites is 1. The molecule has 1 saturated carbocycles. The smallest absolute Gasteiger partial charge is 0.310 e. The van der Waals surface area contributed by atoms with Gasteiger partial charge in [-0.1, -0.05) is 36.4 Å². The summed E-state index contributed by atoms with van der Waals surface area (Å²) in [4.78, 5) is 10.4. The Morgan fingerprint density at radius 1 is 1.17 bits per heavy atom. The molecule has 2 unspecified atom stereocenters. The van der Waals surface area contributed by atoms with Crippen LogP contribution in [0.25, 0.3) is 0 Å². The summed E-state index contributed by atoms with van der Waals surface area (Å²) < 4.78 is 23.5. The zero-order chi connectivity index (χ0) is 17.3. The number of anilines is 1. The first-order valence-corrected chi connectivity index (χ1v) is 9.53. The summed E-state index contributed by atoms with van der Waals surface area (Å²) in [6.45, 7) is 0.577. The fraction of sp³-hybridized carbons (Fsp3) is 0.294. The van der Waals surface area contributed by atoms with Crippen LogP contribution in [0.2, 0.25) is 0 Å². The van der Waals surface area contributed by atoms with Crippen molar-refractivity contribution >= 4 is 21.2 Å². The van der Waals surface area contributed by atoms with Gasteiger partial charge in [0.2, 0.25) is 0 Å². The molecule has 126 valence electrons. The maximum atomic E-state index is 11.8. The number of nitrogens with zero attached hydrogens (tertiary/aromatic N) is 1. The van der Waals surface area contributed by atoms with Gasteiger partial charge in [0.05, 0.1) is 4.92 Å². The molecule has 0 spiro atoms. The second-order valence-electron chi connectivity index (χ2n) is 6.08. The topological polar surface area (TPSA) is 89.3 Å². The van der Waals surface area contributed by atoms with Crippen molar-refractivity contribution in [3.05, 3.63) is 64.2 Å². The summed E-state index contributed by atoms with van der Waals surface area (Å²) >= 11 is 0. The number of nitro groups is 1. The number of nitrogens with one attached hydrogen (secondary N) is 1. The highest BCUT2D eigenvalue weighted by Gasteiger charge is 2.38. The van der Waals surface area contributed by atoms with Crippen molar-refractivity contribution < 1.29 is 13.3 Å². The summed E-state index contributed by atoms with van der Waals surface area (Å²) in [6, 6.07) is 14.5. The molecule has 1 fully saturated rings. The van der Waals surface area contributed by atoms with Gasteiger partial charge in [-0.25, -0.2) is 8.42 Å². The molecule has 2 aromatic rings.